The maximum Gasteiger partial charge on any atom is 0.0474 e. The minimum Gasteiger partial charge on any atom is -0.310 e. The predicted octanol–water partition coefficient (Wildman–Crippen LogP) is 11.9. The molecule has 44 heavy (non-hydrogen) atoms. The molecule has 1 heteroatoms. The zero-order valence-electron chi connectivity index (χ0n) is 25.0. The first-order chi connectivity index (χ1) is 21.6. The molecule has 7 aromatic rings. The van der Waals surface area contributed by atoms with E-state index in [9.17, 15) is 0 Å². The van der Waals surface area contributed by atoms with Crippen molar-refractivity contribution >= 4 is 27.8 Å². The quantitative estimate of drug-likeness (QED) is 0.201. The third-order valence-electron chi connectivity index (χ3n) is 9.21. The lowest BCUT2D eigenvalue weighted by Crippen LogP contribution is -2.17. The first kappa shape index (κ1) is 26.2. The molecule has 8 rings (SSSR count). The summed E-state index contributed by atoms with van der Waals surface area (Å²) in [6.07, 6.45) is 0. The van der Waals surface area contributed by atoms with E-state index in [0.717, 1.165) is 17.1 Å². The first-order valence-electron chi connectivity index (χ1n) is 15.4. The van der Waals surface area contributed by atoms with E-state index in [-0.39, 0.29) is 5.41 Å². The van der Waals surface area contributed by atoms with E-state index in [4.69, 9.17) is 0 Å². The smallest absolute Gasteiger partial charge is 0.0474 e. The molecule has 0 spiro atoms. The summed E-state index contributed by atoms with van der Waals surface area (Å²) < 4.78 is 0. The summed E-state index contributed by atoms with van der Waals surface area (Å²) in [6.45, 7) is 4.74. The van der Waals surface area contributed by atoms with Gasteiger partial charge in [0.1, 0.15) is 0 Å². The average molecular weight is 564 g/mol. The third-order valence-corrected chi connectivity index (χ3v) is 9.21. The van der Waals surface area contributed by atoms with Crippen LogP contribution in [0.3, 0.4) is 0 Å². The van der Waals surface area contributed by atoms with E-state index in [1.807, 2.05) is 0 Å². The number of hydrogen-bond acceptors (Lipinski definition) is 1. The van der Waals surface area contributed by atoms with Crippen molar-refractivity contribution < 1.29 is 0 Å². The van der Waals surface area contributed by atoms with Crippen molar-refractivity contribution in [2.45, 2.75) is 19.3 Å². The van der Waals surface area contributed by atoms with E-state index in [1.54, 1.807) is 0 Å². The van der Waals surface area contributed by atoms with Gasteiger partial charge in [-0.25, -0.2) is 0 Å². The topological polar surface area (TPSA) is 3.24 Å². The molecule has 1 aliphatic carbocycles. The Morgan fingerprint density at radius 1 is 0.386 bits per heavy atom. The monoisotopic (exact) mass is 563 g/mol. The second kappa shape index (κ2) is 10.4. The van der Waals surface area contributed by atoms with Crippen molar-refractivity contribution in [3.63, 3.8) is 0 Å². The summed E-state index contributed by atoms with van der Waals surface area (Å²) in [6, 6.07) is 59.6. The van der Waals surface area contributed by atoms with Crippen LogP contribution >= 0.6 is 0 Å². The Bertz CT molecular complexity index is 2120. The second-order valence-corrected chi connectivity index (χ2v) is 12.2. The van der Waals surface area contributed by atoms with Crippen LogP contribution < -0.4 is 4.90 Å². The Balaban J connectivity index is 1.38. The summed E-state index contributed by atoms with van der Waals surface area (Å²) in [5.74, 6) is 0. The number of benzene rings is 7. The number of hydrogen-bond donors (Lipinski definition) is 0. The van der Waals surface area contributed by atoms with Crippen LogP contribution in [0.1, 0.15) is 25.0 Å². The molecule has 0 saturated heterocycles. The molecular formula is C43H33N. The zero-order valence-corrected chi connectivity index (χ0v) is 25.0. The average Bonchev–Trinajstić information content (AvgIpc) is 3.32. The summed E-state index contributed by atoms with van der Waals surface area (Å²) >= 11 is 0. The lowest BCUT2D eigenvalue weighted by Gasteiger charge is -2.29. The standard InChI is InChI=1S/C43H33N/c1-43(2)41-20-12-11-19-38(41)40-29-37(28-39(42(40)43)33-16-7-4-8-17-33)44(36-26-23-31-15-9-10-18-34(31)27-36)35-24-21-32(22-25-35)30-13-5-3-6-14-30/h3-29H,1-2H3. The van der Waals surface area contributed by atoms with Crippen LogP contribution in [0.15, 0.2) is 164 Å². The molecule has 0 radical (unpaired) electrons. The summed E-state index contributed by atoms with van der Waals surface area (Å²) in [4.78, 5) is 2.42. The van der Waals surface area contributed by atoms with Gasteiger partial charge in [0.25, 0.3) is 0 Å². The normalized spacial score (nSPS) is 13.0. The number of nitrogens with zero attached hydrogens (tertiary/aromatic N) is 1. The molecule has 0 atom stereocenters. The SMILES string of the molecule is CC1(C)c2ccccc2-c2cc(N(c3ccc(-c4ccccc4)cc3)c3ccc4ccccc4c3)cc(-c3ccccc3)c21. The summed E-state index contributed by atoms with van der Waals surface area (Å²) in [5, 5.41) is 2.47. The highest BCUT2D eigenvalue weighted by atomic mass is 15.1. The highest BCUT2D eigenvalue weighted by Gasteiger charge is 2.38. The molecule has 7 aromatic carbocycles. The van der Waals surface area contributed by atoms with Crippen LogP contribution in [-0.4, -0.2) is 0 Å². The van der Waals surface area contributed by atoms with Crippen LogP contribution in [0.4, 0.5) is 17.1 Å². The minimum atomic E-state index is -0.110. The Hall–Kier alpha value is -5.40. The van der Waals surface area contributed by atoms with Gasteiger partial charge in [-0.05, 0) is 91.7 Å². The van der Waals surface area contributed by atoms with Crippen LogP contribution in [0.5, 0.6) is 0 Å². The maximum absolute atomic E-state index is 2.42. The van der Waals surface area contributed by atoms with Crippen LogP contribution in [0.2, 0.25) is 0 Å². The molecule has 0 fully saturated rings. The molecule has 1 aliphatic rings. The van der Waals surface area contributed by atoms with E-state index < -0.39 is 0 Å². The lowest BCUT2D eigenvalue weighted by atomic mass is 9.78. The van der Waals surface area contributed by atoms with Gasteiger partial charge in [-0.15, -0.1) is 0 Å². The van der Waals surface area contributed by atoms with Crippen molar-refractivity contribution in [2.24, 2.45) is 0 Å². The van der Waals surface area contributed by atoms with Gasteiger partial charge in [-0.3, -0.25) is 0 Å². The van der Waals surface area contributed by atoms with Crippen LogP contribution in [0, 0.1) is 0 Å². The Kier molecular flexibility index (Phi) is 6.20. The lowest BCUT2D eigenvalue weighted by molar-refractivity contribution is 0.662. The van der Waals surface area contributed by atoms with Gasteiger partial charge in [-0.1, -0.05) is 141 Å². The predicted molar refractivity (Wildman–Crippen MR) is 187 cm³/mol. The second-order valence-electron chi connectivity index (χ2n) is 12.2. The van der Waals surface area contributed by atoms with Gasteiger partial charge in [0.2, 0.25) is 0 Å². The molecular weight excluding hydrogens is 530 g/mol. The molecule has 0 aliphatic heterocycles. The van der Waals surface area contributed by atoms with Crippen molar-refractivity contribution in [2.75, 3.05) is 4.90 Å². The Morgan fingerprint density at radius 3 is 1.70 bits per heavy atom. The first-order valence-corrected chi connectivity index (χ1v) is 15.4. The Morgan fingerprint density at radius 2 is 0.955 bits per heavy atom. The fourth-order valence-electron chi connectivity index (χ4n) is 7.08. The van der Waals surface area contributed by atoms with Crippen molar-refractivity contribution in [1.29, 1.82) is 0 Å². The zero-order chi connectivity index (χ0) is 29.7. The highest BCUT2D eigenvalue weighted by Crippen LogP contribution is 2.54. The summed E-state index contributed by atoms with van der Waals surface area (Å²) in [5.41, 5.74) is 13.7. The van der Waals surface area contributed by atoms with Gasteiger partial charge in [0.05, 0.1) is 0 Å². The van der Waals surface area contributed by atoms with Crippen molar-refractivity contribution in [1.82, 2.24) is 0 Å². The third kappa shape index (κ3) is 4.32. The number of rotatable bonds is 5. The molecule has 0 unspecified atom stereocenters. The highest BCUT2D eigenvalue weighted by molar-refractivity contribution is 5.95. The fraction of sp³-hybridized carbons (Fsp3) is 0.0698. The van der Waals surface area contributed by atoms with Crippen LogP contribution in [0.25, 0.3) is 44.2 Å². The van der Waals surface area contributed by atoms with Crippen LogP contribution in [-0.2, 0) is 5.41 Å². The molecule has 0 amide bonds. The molecule has 210 valence electrons. The van der Waals surface area contributed by atoms with Gasteiger partial charge in [-0.2, -0.15) is 0 Å². The van der Waals surface area contributed by atoms with Crippen molar-refractivity contribution in [3.8, 4) is 33.4 Å². The molecule has 0 N–H and O–H groups in total. The van der Waals surface area contributed by atoms with Gasteiger partial charge >= 0.3 is 0 Å². The number of fused-ring (bicyclic) bond motifs is 4. The van der Waals surface area contributed by atoms with E-state index in [1.165, 1.54) is 55.3 Å². The molecule has 0 aromatic heterocycles. The molecule has 0 bridgehead atoms. The molecule has 1 nitrogen and oxygen atoms in total. The summed E-state index contributed by atoms with van der Waals surface area (Å²) in [7, 11) is 0. The van der Waals surface area contributed by atoms with E-state index in [0.29, 0.717) is 0 Å². The fourth-order valence-corrected chi connectivity index (χ4v) is 7.08. The van der Waals surface area contributed by atoms with E-state index in [2.05, 4.69) is 183 Å². The van der Waals surface area contributed by atoms with Gasteiger partial charge < -0.3 is 4.90 Å². The molecule has 0 saturated carbocycles. The maximum atomic E-state index is 2.42. The van der Waals surface area contributed by atoms with Crippen molar-refractivity contribution in [3.05, 3.63) is 175 Å². The van der Waals surface area contributed by atoms with Gasteiger partial charge in [0, 0.05) is 22.5 Å². The molecule has 0 heterocycles. The minimum absolute atomic E-state index is 0.110. The Labute approximate surface area is 259 Å². The van der Waals surface area contributed by atoms with E-state index >= 15 is 0 Å². The van der Waals surface area contributed by atoms with Gasteiger partial charge in [0.15, 0.2) is 0 Å². The largest absolute Gasteiger partial charge is 0.310 e. The number of anilines is 3.